The molecule has 2 aromatic rings. The lowest BCUT2D eigenvalue weighted by Crippen LogP contribution is -2.35. The van der Waals surface area contributed by atoms with E-state index in [0.29, 0.717) is 36.8 Å². The Labute approximate surface area is 156 Å². The number of urea groups is 1. The van der Waals surface area contributed by atoms with Crippen molar-refractivity contribution in [3.8, 4) is 0 Å². The summed E-state index contributed by atoms with van der Waals surface area (Å²) in [6, 6.07) is 8.36. The second-order valence-electron chi connectivity index (χ2n) is 6.17. The first-order valence-electron chi connectivity index (χ1n) is 8.58. The maximum Gasteiger partial charge on any atom is 0.414 e. The van der Waals surface area contributed by atoms with Crippen LogP contribution in [0.15, 0.2) is 35.1 Å². The van der Waals surface area contributed by atoms with Crippen molar-refractivity contribution in [1.82, 2.24) is 14.9 Å². The number of aryl methyl sites for hydroxylation is 2. The third-order valence-electron chi connectivity index (χ3n) is 4.14. The predicted octanol–water partition coefficient (Wildman–Crippen LogP) is 1.64. The zero-order valence-electron chi connectivity index (χ0n) is 15.2. The van der Waals surface area contributed by atoms with Crippen molar-refractivity contribution in [3.05, 3.63) is 52.2 Å². The fourth-order valence-electron chi connectivity index (χ4n) is 2.88. The Morgan fingerprint density at radius 3 is 2.78 bits per heavy atom. The summed E-state index contributed by atoms with van der Waals surface area (Å²) in [4.78, 5) is 41.0. The summed E-state index contributed by atoms with van der Waals surface area (Å²) >= 11 is 0. The summed E-state index contributed by atoms with van der Waals surface area (Å²) in [5.41, 5.74) is 2.33. The second-order valence-corrected chi connectivity index (χ2v) is 6.17. The van der Waals surface area contributed by atoms with E-state index in [4.69, 9.17) is 4.74 Å². The van der Waals surface area contributed by atoms with Crippen molar-refractivity contribution >= 4 is 23.5 Å². The Balaban J connectivity index is 1.56. The van der Waals surface area contributed by atoms with Crippen LogP contribution in [0.1, 0.15) is 11.4 Å². The monoisotopic (exact) mass is 371 g/mol. The standard InChI is InChI=1S/C18H21N5O4/c1-12-10-13(2)22(17(25)20-12)7-6-19-16(24)21-14-4-3-5-15(11-14)23-8-9-27-18(23)26/h3-5,10-11H,6-9H2,1-2H3,(H2,19,21,24). The molecule has 1 saturated heterocycles. The highest BCUT2D eigenvalue weighted by atomic mass is 16.6. The summed E-state index contributed by atoms with van der Waals surface area (Å²) in [6.45, 7) is 5.02. The van der Waals surface area contributed by atoms with Crippen LogP contribution < -0.4 is 21.2 Å². The fourth-order valence-corrected chi connectivity index (χ4v) is 2.88. The van der Waals surface area contributed by atoms with Gasteiger partial charge < -0.3 is 15.4 Å². The lowest BCUT2D eigenvalue weighted by Gasteiger charge is -2.15. The molecule has 1 aliphatic rings. The summed E-state index contributed by atoms with van der Waals surface area (Å²) < 4.78 is 6.42. The summed E-state index contributed by atoms with van der Waals surface area (Å²) in [6.07, 6.45) is -0.399. The molecule has 0 aliphatic carbocycles. The smallest absolute Gasteiger partial charge is 0.414 e. The van der Waals surface area contributed by atoms with Crippen molar-refractivity contribution in [2.45, 2.75) is 20.4 Å². The molecule has 1 aromatic carbocycles. The maximum absolute atomic E-state index is 12.1. The highest BCUT2D eigenvalue weighted by molar-refractivity contribution is 5.93. The quantitative estimate of drug-likeness (QED) is 0.831. The number of rotatable bonds is 5. The second kappa shape index (κ2) is 7.90. The lowest BCUT2D eigenvalue weighted by atomic mass is 10.2. The number of cyclic esters (lactones) is 1. The molecule has 0 saturated carbocycles. The van der Waals surface area contributed by atoms with Crippen molar-refractivity contribution in [2.24, 2.45) is 0 Å². The molecule has 0 spiro atoms. The number of amides is 3. The number of carbonyl (C=O) groups excluding carboxylic acids is 2. The van der Waals surface area contributed by atoms with Gasteiger partial charge in [0, 0.05) is 35.9 Å². The molecular weight excluding hydrogens is 350 g/mol. The van der Waals surface area contributed by atoms with E-state index in [2.05, 4.69) is 15.6 Å². The normalized spacial score (nSPS) is 13.4. The molecular formula is C18H21N5O4. The number of anilines is 2. The number of nitrogens with zero attached hydrogens (tertiary/aromatic N) is 3. The number of aromatic nitrogens is 2. The molecule has 0 bridgehead atoms. The fraction of sp³-hybridized carbons (Fsp3) is 0.333. The first kappa shape index (κ1) is 18.4. The molecule has 0 radical (unpaired) electrons. The van der Waals surface area contributed by atoms with Gasteiger partial charge in [-0.05, 0) is 38.1 Å². The SMILES string of the molecule is Cc1cc(C)n(CCNC(=O)Nc2cccc(N3CCOC3=O)c2)c(=O)n1. The third kappa shape index (κ3) is 4.43. The molecule has 0 unspecified atom stereocenters. The van der Waals surface area contributed by atoms with E-state index < -0.39 is 12.1 Å². The van der Waals surface area contributed by atoms with Gasteiger partial charge in [-0.15, -0.1) is 0 Å². The van der Waals surface area contributed by atoms with Gasteiger partial charge in [-0.25, -0.2) is 14.4 Å². The Morgan fingerprint density at radius 2 is 2.07 bits per heavy atom. The topological polar surface area (TPSA) is 106 Å². The molecule has 9 heteroatoms. The summed E-state index contributed by atoms with van der Waals surface area (Å²) in [5, 5.41) is 5.42. The third-order valence-corrected chi connectivity index (χ3v) is 4.14. The van der Waals surface area contributed by atoms with Crippen LogP contribution >= 0.6 is 0 Å². The Morgan fingerprint density at radius 1 is 1.26 bits per heavy atom. The molecule has 1 aliphatic heterocycles. The van der Waals surface area contributed by atoms with E-state index in [0.717, 1.165) is 5.69 Å². The zero-order chi connectivity index (χ0) is 19.4. The van der Waals surface area contributed by atoms with Crippen LogP contribution in [0.3, 0.4) is 0 Å². The van der Waals surface area contributed by atoms with E-state index in [1.54, 1.807) is 31.2 Å². The predicted molar refractivity (Wildman–Crippen MR) is 100 cm³/mol. The summed E-state index contributed by atoms with van der Waals surface area (Å²) in [7, 11) is 0. The number of hydrogen-bond donors (Lipinski definition) is 2. The van der Waals surface area contributed by atoms with Crippen LogP contribution in [0.4, 0.5) is 21.0 Å². The zero-order valence-corrected chi connectivity index (χ0v) is 15.2. The summed E-state index contributed by atoms with van der Waals surface area (Å²) in [5.74, 6) is 0. The number of ether oxygens (including phenoxy) is 1. The van der Waals surface area contributed by atoms with Crippen LogP contribution in [-0.2, 0) is 11.3 Å². The van der Waals surface area contributed by atoms with Crippen LogP contribution in [0, 0.1) is 13.8 Å². The molecule has 3 rings (SSSR count). The van der Waals surface area contributed by atoms with Crippen LogP contribution in [0.25, 0.3) is 0 Å². The van der Waals surface area contributed by atoms with Crippen molar-refractivity contribution in [1.29, 1.82) is 0 Å². The molecule has 2 heterocycles. The van der Waals surface area contributed by atoms with Gasteiger partial charge in [0.05, 0.1) is 6.54 Å². The van der Waals surface area contributed by atoms with E-state index in [9.17, 15) is 14.4 Å². The minimum Gasteiger partial charge on any atom is -0.447 e. The van der Waals surface area contributed by atoms with Gasteiger partial charge >= 0.3 is 17.8 Å². The van der Waals surface area contributed by atoms with E-state index in [1.807, 2.05) is 13.0 Å². The highest BCUT2D eigenvalue weighted by Crippen LogP contribution is 2.22. The van der Waals surface area contributed by atoms with Gasteiger partial charge in [0.2, 0.25) is 0 Å². The van der Waals surface area contributed by atoms with Crippen molar-refractivity contribution in [2.75, 3.05) is 29.9 Å². The minimum absolute atomic E-state index is 0.273. The van der Waals surface area contributed by atoms with E-state index in [-0.39, 0.29) is 12.2 Å². The Bertz CT molecular complexity index is 924. The van der Waals surface area contributed by atoms with Crippen LogP contribution in [-0.4, -0.2) is 41.4 Å². The molecule has 1 fully saturated rings. The lowest BCUT2D eigenvalue weighted by molar-refractivity contribution is 0.181. The minimum atomic E-state index is -0.401. The van der Waals surface area contributed by atoms with Gasteiger partial charge in [0.15, 0.2) is 0 Å². The molecule has 9 nitrogen and oxygen atoms in total. The van der Waals surface area contributed by atoms with Gasteiger partial charge in [-0.1, -0.05) is 6.07 Å². The maximum atomic E-state index is 12.1. The molecule has 1 aromatic heterocycles. The van der Waals surface area contributed by atoms with Gasteiger partial charge in [-0.3, -0.25) is 9.47 Å². The van der Waals surface area contributed by atoms with Gasteiger partial charge in [0.1, 0.15) is 6.61 Å². The highest BCUT2D eigenvalue weighted by Gasteiger charge is 2.23. The average molecular weight is 371 g/mol. The molecule has 142 valence electrons. The van der Waals surface area contributed by atoms with Crippen LogP contribution in [0.5, 0.6) is 0 Å². The van der Waals surface area contributed by atoms with Gasteiger partial charge in [-0.2, -0.15) is 4.98 Å². The molecule has 2 N–H and O–H groups in total. The van der Waals surface area contributed by atoms with Crippen molar-refractivity contribution < 1.29 is 14.3 Å². The number of hydrogen-bond acceptors (Lipinski definition) is 5. The number of nitrogens with one attached hydrogen (secondary N) is 2. The molecule has 0 atom stereocenters. The molecule has 3 amide bonds. The Kier molecular flexibility index (Phi) is 5.39. The van der Waals surface area contributed by atoms with E-state index in [1.165, 1.54) is 9.47 Å². The number of benzene rings is 1. The number of carbonyl (C=O) groups is 2. The first-order chi connectivity index (χ1) is 12.9. The Hall–Kier alpha value is -3.36. The van der Waals surface area contributed by atoms with E-state index >= 15 is 0 Å². The van der Waals surface area contributed by atoms with Gasteiger partial charge in [0.25, 0.3) is 0 Å². The largest absolute Gasteiger partial charge is 0.447 e. The average Bonchev–Trinajstić information content (AvgIpc) is 3.03. The first-order valence-corrected chi connectivity index (χ1v) is 8.58. The van der Waals surface area contributed by atoms with Crippen molar-refractivity contribution in [3.63, 3.8) is 0 Å². The molecule has 27 heavy (non-hydrogen) atoms. The van der Waals surface area contributed by atoms with Crippen LogP contribution in [0.2, 0.25) is 0 Å².